The highest BCUT2D eigenvalue weighted by atomic mass is 79.9. The third-order valence-corrected chi connectivity index (χ3v) is 5.70. The number of carbonyl (C=O) groups is 1. The molecule has 3 heteroatoms. The molecule has 26 heavy (non-hydrogen) atoms. The van der Waals surface area contributed by atoms with Crippen molar-refractivity contribution >= 4 is 48.8 Å². The molecule has 0 aliphatic rings. The van der Waals surface area contributed by atoms with Crippen LogP contribution in [0.5, 0.6) is 0 Å². The van der Waals surface area contributed by atoms with Crippen LogP contribution in [0.4, 0.5) is 0 Å². The van der Waals surface area contributed by atoms with Crippen LogP contribution in [0.25, 0.3) is 11.1 Å². The molecule has 0 aromatic heterocycles. The van der Waals surface area contributed by atoms with Gasteiger partial charge >= 0.3 is 0 Å². The van der Waals surface area contributed by atoms with E-state index in [9.17, 15) is 4.79 Å². The van der Waals surface area contributed by atoms with Crippen molar-refractivity contribution in [2.24, 2.45) is 0 Å². The van der Waals surface area contributed by atoms with E-state index in [2.05, 4.69) is 64.1 Å². The van der Waals surface area contributed by atoms with E-state index in [1.807, 2.05) is 37.3 Å². The van der Waals surface area contributed by atoms with Gasteiger partial charge in [-0.25, -0.2) is 0 Å². The van der Waals surface area contributed by atoms with Gasteiger partial charge in [-0.3, -0.25) is 4.79 Å². The minimum Gasteiger partial charge on any atom is -0.299 e. The van der Waals surface area contributed by atoms with E-state index in [-0.39, 0.29) is 5.78 Å². The topological polar surface area (TPSA) is 17.1 Å². The lowest BCUT2D eigenvalue weighted by Crippen LogP contribution is -2.07. The van der Waals surface area contributed by atoms with Gasteiger partial charge in [0.05, 0.1) is 0 Å². The van der Waals surface area contributed by atoms with Crippen LogP contribution < -0.4 is 0 Å². The van der Waals surface area contributed by atoms with E-state index >= 15 is 0 Å². The highest BCUT2D eigenvalue weighted by Crippen LogP contribution is 2.27. The quantitative estimate of drug-likeness (QED) is 0.389. The van der Waals surface area contributed by atoms with Crippen LogP contribution in [-0.4, -0.2) is 5.78 Å². The summed E-state index contributed by atoms with van der Waals surface area (Å²) in [6.07, 6.45) is 4.62. The third-order valence-electron chi connectivity index (χ3n) is 4.31. The number of carbonyl (C=O) groups excluding carboxylic acids is 1. The zero-order valence-electron chi connectivity index (χ0n) is 15.1. The van der Waals surface area contributed by atoms with Gasteiger partial charge < -0.3 is 0 Å². The van der Waals surface area contributed by atoms with Crippen molar-refractivity contribution in [3.8, 4) is 0 Å². The normalized spacial score (nSPS) is 11.3. The van der Waals surface area contributed by atoms with Crippen molar-refractivity contribution < 1.29 is 4.79 Å². The highest BCUT2D eigenvalue weighted by Gasteiger charge is 2.10. The molecule has 0 heterocycles. The lowest BCUT2D eigenvalue weighted by Gasteiger charge is -2.10. The summed E-state index contributed by atoms with van der Waals surface area (Å²) in [6, 6.07) is 12.0. The van der Waals surface area contributed by atoms with E-state index in [0.717, 1.165) is 36.8 Å². The van der Waals surface area contributed by atoms with Gasteiger partial charge in [0.2, 0.25) is 0 Å². The summed E-state index contributed by atoms with van der Waals surface area (Å²) in [4.78, 5) is 12.6. The molecule has 0 saturated carbocycles. The molecule has 134 valence electrons. The number of allylic oxidation sites excluding steroid dienone is 4. The predicted octanol–water partition coefficient (Wildman–Crippen LogP) is 7.19. The molecule has 0 aliphatic heterocycles. The van der Waals surface area contributed by atoms with Crippen LogP contribution in [-0.2, 0) is 17.6 Å². The molecular formula is C23H22Br2O. The van der Waals surface area contributed by atoms with Gasteiger partial charge in [-0.05, 0) is 71.5 Å². The fourth-order valence-corrected chi connectivity index (χ4v) is 3.76. The Labute approximate surface area is 172 Å². The second-order valence-corrected chi connectivity index (χ2v) is 7.93. The SMILES string of the molecule is C=CC(=C)c1cc(CC(=O)Cc2ccc(Br)c(C(C)=CC)c2)ccc1Br. The summed E-state index contributed by atoms with van der Waals surface area (Å²) in [5.41, 5.74) is 6.14. The number of Topliss-reactive ketones (excluding diaryl/α,β-unsaturated/α-hetero) is 1. The third kappa shape index (κ3) is 5.15. The van der Waals surface area contributed by atoms with E-state index in [1.165, 1.54) is 5.57 Å². The predicted molar refractivity (Wildman–Crippen MR) is 119 cm³/mol. The van der Waals surface area contributed by atoms with Crippen molar-refractivity contribution in [3.63, 3.8) is 0 Å². The van der Waals surface area contributed by atoms with E-state index < -0.39 is 0 Å². The minimum atomic E-state index is 0.189. The molecular weight excluding hydrogens is 452 g/mol. The fourth-order valence-electron chi connectivity index (χ4n) is 2.70. The van der Waals surface area contributed by atoms with Crippen LogP contribution in [0.15, 0.2) is 70.7 Å². The number of rotatable bonds is 7. The van der Waals surface area contributed by atoms with E-state index in [0.29, 0.717) is 12.8 Å². The fraction of sp³-hybridized carbons (Fsp3) is 0.174. The number of hydrogen-bond donors (Lipinski definition) is 0. The molecule has 0 atom stereocenters. The van der Waals surface area contributed by atoms with Gasteiger partial charge in [0.25, 0.3) is 0 Å². The largest absolute Gasteiger partial charge is 0.299 e. The van der Waals surface area contributed by atoms with E-state index in [1.54, 1.807) is 6.08 Å². The molecule has 0 aliphatic carbocycles. The van der Waals surface area contributed by atoms with Gasteiger partial charge in [0.1, 0.15) is 5.78 Å². The van der Waals surface area contributed by atoms with Gasteiger partial charge in [-0.1, -0.05) is 69.3 Å². The van der Waals surface area contributed by atoms with Gasteiger partial charge in [-0.2, -0.15) is 0 Å². The monoisotopic (exact) mass is 472 g/mol. The summed E-state index contributed by atoms with van der Waals surface area (Å²) < 4.78 is 2.00. The number of ketones is 1. The molecule has 0 saturated heterocycles. The average molecular weight is 474 g/mol. The Morgan fingerprint density at radius 1 is 1.00 bits per heavy atom. The van der Waals surface area contributed by atoms with Crippen LogP contribution in [0, 0.1) is 0 Å². The Kier molecular flexibility index (Phi) is 7.36. The maximum Gasteiger partial charge on any atom is 0.141 e. The van der Waals surface area contributed by atoms with E-state index in [4.69, 9.17) is 0 Å². The van der Waals surface area contributed by atoms with Crippen molar-refractivity contribution in [2.45, 2.75) is 26.7 Å². The maximum absolute atomic E-state index is 12.6. The lowest BCUT2D eigenvalue weighted by atomic mass is 9.97. The second kappa shape index (κ2) is 9.29. The Hall–Kier alpha value is -1.71. The van der Waals surface area contributed by atoms with Crippen LogP contribution in [0.2, 0.25) is 0 Å². The van der Waals surface area contributed by atoms with Crippen molar-refractivity contribution in [1.29, 1.82) is 0 Å². The minimum absolute atomic E-state index is 0.189. The molecule has 0 spiro atoms. The smallest absolute Gasteiger partial charge is 0.141 e. The number of hydrogen-bond acceptors (Lipinski definition) is 1. The van der Waals surface area contributed by atoms with Gasteiger partial charge in [0.15, 0.2) is 0 Å². The van der Waals surface area contributed by atoms with Crippen LogP contribution in [0.1, 0.15) is 36.1 Å². The Morgan fingerprint density at radius 3 is 2.00 bits per heavy atom. The lowest BCUT2D eigenvalue weighted by molar-refractivity contribution is -0.117. The first-order valence-electron chi connectivity index (χ1n) is 8.39. The zero-order chi connectivity index (χ0) is 19.3. The Balaban J connectivity index is 2.17. The molecule has 0 fully saturated rings. The molecule has 0 bridgehead atoms. The van der Waals surface area contributed by atoms with Crippen molar-refractivity contribution in [3.05, 3.63) is 92.9 Å². The highest BCUT2D eigenvalue weighted by molar-refractivity contribution is 9.10. The molecule has 1 nitrogen and oxygen atoms in total. The van der Waals surface area contributed by atoms with Crippen LogP contribution in [0.3, 0.4) is 0 Å². The van der Waals surface area contributed by atoms with Gasteiger partial charge in [0, 0.05) is 21.8 Å². The molecule has 0 amide bonds. The van der Waals surface area contributed by atoms with Gasteiger partial charge in [-0.15, -0.1) is 0 Å². The van der Waals surface area contributed by atoms with Crippen molar-refractivity contribution in [2.75, 3.05) is 0 Å². The van der Waals surface area contributed by atoms with Crippen LogP contribution >= 0.6 is 31.9 Å². The molecule has 0 N–H and O–H groups in total. The molecule has 0 unspecified atom stereocenters. The molecule has 2 rings (SSSR count). The van der Waals surface area contributed by atoms with Crippen molar-refractivity contribution in [1.82, 2.24) is 0 Å². The maximum atomic E-state index is 12.6. The second-order valence-electron chi connectivity index (χ2n) is 6.22. The number of halogens is 2. The standard InChI is InChI=1S/C23H22Br2O/c1-5-15(3)20-13-17(7-9-22(20)24)11-19(26)12-18-8-10-23(25)21(14-18)16(4)6-2/h5-10,13-14H,1,3,11-12H2,2,4H3. The molecule has 0 radical (unpaired) electrons. The summed E-state index contributed by atoms with van der Waals surface area (Å²) in [5.74, 6) is 0.189. The first-order valence-corrected chi connectivity index (χ1v) is 9.97. The summed E-state index contributed by atoms with van der Waals surface area (Å²) in [6.45, 7) is 11.8. The Bertz CT molecular complexity index is 836. The summed E-state index contributed by atoms with van der Waals surface area (Å²) >= 11 is 7.10. The molecule has 2 aromatic rings. The summed E-state index contributed by atoms with van der Waals surface area (Å²) in [5, 5.41) is 0. The first-order chi connectivity index (χ1) is 12.3. The first kappa shape index (κ1) is 20.6. The summed E-state index contributed by atoms with van der Waals surface area (Å²) in [7, 11) is 0. The average Bonchev–Trinajstić information content (AvgIpc) is 2.63. The molecule has 2 aromatic carbocycles. The number of benzene rings is 2. The zero-order valence-corrected chi connectivity index (χ0v) is 18.3. The Morgan fingerprint density at radius 2 is 1.50 bits per heavy atom.